The predicted octanol–water partition coefficient (Wildman–Crippen LogP) is 6.65. The highest BCUT2D eigenvalue weighted by Crippen LogP contribution is 2.39. The number of hydrogen-bond acceptors (Lipinski definition) is 5. The molecule has 6 nitrogen and oxygen atoms in total. The molecule has 0 aliphatic heterocycles. The maximum Gasteiger partial charge on any atom is 0.433 e. The number of carbonyl (C=O) groups is 1. The van der Waals surface area contributed by atoms with Crippen molar-refractivity contribution < 1.29 is 27.4 Å². The van der Waals surface area contributed by atoms with Crippen LogP contribution in [0.3, 0.4) is 0 Å². The summed E-state index contributed by atoms with van der Waals surface area (Å²) in [4.78, 5) is 20.9. The number of carbonyl (C=O) groups excluding carboxylic acids is 1. The molecule has 0 N–H and O–H groups in total. The third-order valence-corrected chi connectivity index (χ3v) is 6.37. The quantitative estimate of drug-likeness (QED) is 0.280. The van der Waals surface area contributed by atoms with E-state index in [0.717, 1.165) is 24.4 Å². The monoisotopic (exact) mass is 549 g/mol. The molecule has 0 radical (unpaired) electrons. The zero-order valence-electron chi connectivity index (χ0n) is 22.2. The summed E-state index contributed by atoms with van der Waals surface area (Å²) in [6, 6.07) is 9.49. The molecule has 38 heavy (non-hydrogen) atoms. The number of anilines is 1. The van der Waals surface area contributed by atoms with Gasteiger partial charge in [-0.3, -0.25) is 9.78 Å². The molecule has 2 aromatic carbocycles. The molecule has 3 aromatic rings. The third kappa shape index (κ3) is 6.57. The number of halogens is 4. The second-order valence-corrected chi connectivity index (χ2v) is 9.61. The standard InChI is InChI=1S/C28H31ClF3N3O3/c1-17-9-7-10-23(37-6)26(17)35(5)27(36)20-14-19(21-16-33-25(13-18(21)2)28(30,31)32)22(29)15-24(20)38-12-8-11-34(3)4/h7,9-10,13-16H,8,11-12H2,1-6H3. The van der Waals surface area contributed by atoms with Crippen LogP contribution in [0.5, 0.6) is 11.5 Å². The van der Waals surface area contributed by atoms with Gasteiger partial charge in [-0.2, -0.15) is 13.2 Å². The van der Waals surface area contributed by atoms with Crippen LogP contribution in [0.4, 0.5) is 18.9 Å². The number of aryl methyl sites for hydroxylation is 2. The van der Waals surface area contributed by atoms with Crippen LogP contribution in [-0.2, 0) is 6.18 Å². The molecule has 0 fully saturated rings. The van der Waals surface area contributed by atoms with Crippen molar-refractivity contribution in [1.29, 1.82) is 0 Å². The number of alkyl halides is 3. The van der Waals surface area contributed by atoms with E-state index in [1.54, 1.807) is 26.1 Å². The predicted molar refractivity (Wildman–Crippen MR) is 144 cm³/mol. The van der Waals surface area contributed by atoms with E-state index in [1.165, 1.54) is 18.1 Å². The normalized spacial score (nSPS) is 11.6. The van der Waals surface area contributed by atoms with E-state index in [1.807, 2.05) is 38.1 Å². The van der Waals surface area contributed by atoms with Gasteiger partial charge in [-0.25, -0.2) is 0 Å². The summed E-state index contributed by atoms with van der Waals surface area (Å²) in [5, 5.41) is 0.227. The van der Waals surface area contributed by atoms with Crippen molar-refractivity contribution in [2.45, 2.75) is 26.4 Å². The van der Waals surface area contributed by atoms with E-state index in [0.29, 0.717) is 41.2 Å². The van der Waals surface area contributed by atoms with Crippen LogP contribution in [-0.4, -0.2) is 57.2 Å². The highest BCUT2D eigenvalue weighted by Gasteiger charge is 2.33. The van der Waals surface area contributed by atoms with E-state index in [2.05, 4.69) is 4.98 Å². The summed E-state index contributed by atoms with van der Waals surface area (Å²) in [5.74, 6) is 0.404. The first-order valence-electron chi connectivity index (χ1n) is 11.9. The van der Waals surface area contributed by atoms with Crippen molar-refractivity contribution >= 4 is 23.2 Å². The van der Waals surface area contributed by atoms with Gasteiger partial charge in [0.1, 0.15) is 17.2 Å². The Bertz CT molecular complexity index is 1310. The lowest BCUT2D eigenvalue weighted by atomic mass is 9.98. The summed E-state index contributed by atoms with van der Waals surface area (Å²) >= 11 is 6.59. The van der Waals surface area contributed by atoms with Gasteiger partial charge in [-0.1, -0.05) is 23.7 Å². The molecule has 3 rings (SSSR count). The molecule has 0 aliphatic rings. The van der Waals surface area contributed by atoms with Gasteiger partial charge in [0.15, 0.2) is 0 Å². The summed E-state index contributed by atoms with van der Waals surface area (Å²) in [6.45, 7) is 4.53. The van der Waals surface area contributed by atoms with E-state index in [9.17, 15) is 18.0 Å². The molecule has 0 saturated carbocycles. The average Bonchev–Trinajstić information content (AvgIpc) is 2.85. The first-order chi connectivity index (χ1) is 17.8. The fourth-order valence-corrected chi connectivity index (χ4v) is 4.37. The zero-order chi connectivity index (χ0) is 28.2. The van der Waals surface area contributed by atoms with Crippen LogP contribution in [0.25, 0.3) is 11.1 Å². The molecule has 204 valence electrons. The first kappa shape index (κ1) is 29.3. The van der Waals surface area contributed by atoms with Crippen molar-refractivity contribution in [3.63, 3.8) is 0 Å². The van der Waals surface area contributed by atoms with Crippen molar-refractivity contribution in [2.75, 3.05) is 46.3 Å². The number of amides is 1. The van der Waals surface area contributed by atoms with Gasteiger partial charge in [0.25, 0.3) is 5.91 Å². The lowest BCUT2D eigenvalue weighted by molar-refractivity contribution is -0.141. The zero-order valence-corrected chi connectivity index (χ0v) is 23.0. The number of ether oxygens (including phenoxy) is 2. The Morgan fingerprint density at radius 2 is 1.74 bits per heavy atom. The van der Waals surface area contributed by atoms with Crippen LogP contribution in [0.2, 0.25) is 5.02 Å². The topological polar surface area (TPSA) is 54.9 Å². The van der Waals surface area contributed by atoms with Gasteiger partial charge < -0.3 is 19.3 Å². The molecule has 0 aliphatic carbocycles. The SMILES string of the molecule is COc1cccc(C)c1N(C)C(=O)c1cc(-c2cnc(C(F)(F)F)cc2C)c(Cl)cc1OCCCN(C)C. The molecular weight excluding hydrogens is 519 g/mol. The van der Waals surface area contributed by atoms with Crippen molar-refractivity contribution in [1.82, 2.24) is 9.88 Å². The summed E-state index contributed by atoms with van der Waals surface area (Å²) in [6.07, 6.45) is -2.74. The average molecular weight is 550 g/mol. The van der Waals surface area contributed by atoms with E-state index in [4.69, 9.17) is 21.1 Å². The fourth-order valence-electron chi connectivity index (χ4n) is 4.11. The fraction of sp³-hybridized carbons (Fsp3) is 0.357. The molecule has 0 bridgehead atoms. The number of pyridine rings is 1. The number of rotatable bonds is 9. The van der Waals surface area contributed by atoms with E-state index < -0.39 is 17.8 Å². The van der Waals surface area contributed by atoms with Gasteiger partial charge in [0.2, 0.25) is 0 Å². The van der Waals surface area contributed by atoms with E-state index in [-0.39, 0.29) is 16.3 Å². The minimum absolute atomic E-state index is 0.210. The first-order valence-corrected chi connectivity index (χ1v) is 12.3. The van der Waals surface area contributed by atoms with Gasteiger partial charge in [0, 0.05) is 37.0 Å². The summed E-state index contributed by atoms with van der Waals surface area (Å²) < 4.78 is 51.0. The number of nitrogens with zero attached hydrogens (tertiary/aromatic N) is 3. The van der Waals surface area contributed by atoms with Gasteiger partial charge in [-0.05, 0) is 63.7 Å². The Kier molecular flexibility index (Phi) is 9.27. The molecule has 0 spiro atoms. The molecule has 1 amide bonds. The Morgan fingerprint density at radius 1 is 1.03 bits per heavy atom. The second kappa shape index (κ2) is 12.0. The lowest BCUT2D eigenvalue weighted by Crippen LogP contribution is -2.28. The Balaban J connectivity index is 2.11. The summed E-state index contributed by atoms with van der Waals surface area (Å²) in [5.41, 5.74) is 1.70. The number of methoxy groups -OCH3 is 1. The van der Waals surface area contributed by atoms with E-state index >= 15 is 0 Å². The van der Waals surface area contributed by atoms with Gasteiger partial charge in [0.05, 0.1) is 30.0 Å². The molecule has 0 unspecified atom stereocenters. The largest absolute Gasteiger partial charge is 0.495 e. The molecule has 0 saturated heterocycles. The van der Waals surface area contributed by atoms with Crippen molar-refractivity contribution in [3.05, 3.63) is 70.0 Å². The second-order valence-electron chi connectivity index (χ2n) is 9.21. The Labute approximate surface area is 225 Å². The van der Waals surface area contributed by atoms with Gasteiger partial charge in [-0.15, -0.1) is 0 Å². The van der Waals surface area contributed by atoms with Crippen molar-refractivity contribution in [3.8, 4) is 22.6 Å². The molecule has 1 aromatic heterocycles. The molecule has 0 atom stereocenters. The van der Waals surface area contributed by atoms with Crippen LogP contribution >= 0.6 is 11.6 Å². The number of para-hydroxylation sites is 1. The highest BCUT2D eigenvalue weighted by atomic mass is 35.5. The highest BCUT2D eigenvalue weighted by molar-refractivity contribution is 6.34. The van der Waals surface area contributed by atoms with Gasteiger partial charge >= 0.3 is 6.18 Å². The minimum atomic E-state index is -4.58. The van der Waals surface area contributed by atoms with Crippen LogP contribution in [0, 0.1) is 13.8 Å². The lowest BCUT2D eigenvalue weighted by Gasteiger charge is -2.24. The van der Waals surface area contributed by atoms with Crippen LogP contribution < -0.4 is 14.4 Å². The van der Waals surface area contributed by atoms with Crippen molar-refractivity contribution in [2.24, 2.45) is 0 Å². The maximum atomic E-state index is 13.9. The minimum Gasteiger partial charge on any atom is -0.495 e. The van der Waals surface area contributed by atoms with Crippen LogP contribution in [0.1, 0.15) is 33.6 Å². The third-order valence-electron chi connectivity index (χ3n) is 6.06. The Hall–Kier alpha value is -3.30. The molecular formula is C28H31ClF3N3O3. The molecule has 1 heterocycles. The number of aromatic nitrogens is 1. The molecule has 10 heteroatoms. The maximum absolute atomic E-state index is 13.9. The number of hydrogen-bond donors (Lipinski definition) is 0. The smallest absolute Gasteiger partial charge is 0.433 e. The van der Waals surface area contributed by atoms with Crippen LogP contribution in [0.15, 0.2) is 42.6 Å². The number of benzene rings is 2. The Morgan fingerprint density at radius 3 is 2.34 bits per heavy atom. The summed E-state index contributed by atoms with van der Waals surface area (Å²) in [7, 11) is 7.05.